The number of nitrogens with zero attached hydrogens (tertiary/aromatic N) is 3. The van der Waals surface area contributed by atoms with Gasteiger partial charge in [-0.25, -0.2) is 0 Å². The quantitative estimate of drug-likeness (QED) is 0.446. The third kappa shape index (κ3) is 4.61. The van der Waals surface area contributed by atoms with Crippen molar-refractivity contribution in [3.05, 3.63) is 0 Å². The molecule has 2 aliphatic rings. The van der Waals surface area contributed by atoms with Crippen LogP contribution in [0.25, 0.3) is 0 Å². The van der Waals surface area contributed by atoms with E-state index in [2.05, 4.69) is 35.9 Å². The van der Waals surface area contributed by atoms with Gasteiger partial charge in [0.2, 0.25) is 0 Å². The standard InChI is InChI=1S/C18H36N4/c1-4-19-17(20-13-9-14-21(5-2)6-3)22-15-12-18(16-22)10-7-8-11-18/h4-16H2,1-3H3,(H,19,20). The lowest BCUT2D eigenvalue weighted by Gasteiger charge is -2.26. The van der Waals surface area contributed by atoms with E-state index in [0.717, 1.165) is 38.6 Å². The van der Waals surface area contributed by atoms with Crippen LogP contribution in [-0.2, 0) is 0 Å². The number of guanidine groups is 1. The van der Waals surface area contributed by atoms with Crippen LogP contribution in [0.4, 0.5) is 0 Å². The summed E-state index contributed by atoms with van der Waals surface area (Å²) in [4.78, 5) is 9.89. The zero-order valence-electron chi connectivity index (χ0n) is 15.0. The summed E-state index contributed by atoms with van der Waals surface area (Å²) in [6, 6.07) is 0. The lowest BCUT2D eigenvalue weighted by Crippen LogP contribution is -2.41. The van der Waals surface area contributed by atoms with Crippen LogP contribution in [0.5, 0.6) is 0 Å². The molecule has 1 aliphatic carbocycles. The highest BCUT2D eigenvalue weighted by atomic mass is 15.3. The maximum absolute atomic E-state index is 4.90. The second-order valence-corrected chi connectivity index (χ2v) is 6.99. The minimum absolute atomic E-state index is 0.622. The second kappa shape index (κ2) is 8.76. The summed E-state index contributed by atoms with van der Waals surface area (Å²) in [5.74, 6) is 1.16. The second-order valence-electron chi connectivity index (χ2n) is 6.99. The molecule has 1 aliphatic heterocycles. The molecule has 2 fully saturated rings. The molecule has 0 radical (unpaired) electrons. The van der Waals surface area contributed by atoms with Crippen LogP contribution in [0.15, 0.2) is 4.99 Å². The van der Waals surface area contributed by atoms with E-state index in [1.165, 1.54) is 51.7 Å². The Bertz CT molecular complexity index is 343. The highest BCUT2D eigenvalue weighted by molar-refractivity contribution is 5.80. The third-order valence-corrected chi connectivity index (χ3v) is 5.53. The summed E-state index contributed by atoms with van der Waals surface area (Å²) in [5.41, 5.74) is 0.622. The van der Waals surface area contributed by atoms with Crippen LogP contribution >= 0.6 is 0 Å². The van der Waals surface area contributed by atoms with Crippen molar-refractivity contribution in [2.45, 2.75) is 59.3 Å². The van der Waals surface area contributed by atoms with Gasteiger partial charge in [-0.3, -0.25) is 4.99 Å². The molecule has 1 saturated carbocycles. The topological polar surface area (TPSA) is 30.9 Å². The lowest BCUT2D eigenvalue weighted by atomic mass is 9.86. The third-order valence-electron chi connectivity index (χ3n) is 5.53. The van der Waals surface area contributed by atoms with Gasteiger partial charge in [-0.05, 0) is 57.7 Å². The molecule has 0 unspecified atom stereocenters. The zero-order valence-corrected chi connectivity index (χ0v) is 15.0. The minimum Gasteiger partial charge on any atom is -0.357 e. The highest BCUT2D eigenvalue weighted by Crippen LogP contribution is 2.45. The molecule has 128 valence electrons. The van der Waals surface area contributed by atoms with E-state index in [-0.39, 0.29) is 0 Å². The number of hydrogen-bond donors (Lipinski definition) is 1. The molecule has 0 amide bonds. The Balaban J connectivity index is 1.82. The highest BCUT2D eigenvalue weighted by Gasteiger charge is 2.40. The molecule has 0 atom stereocenters. The largest absolute Gasteiger partial charge is 0.357 e. The summed E-state index contributed by atoms with van der Waals surface area (Å²) < 4.78 is 0. The zero-order chi connectivity index (χ0) is 15.8. The molecule has 1 saturated heterocycles. The average molecular weight is 309 g/mol. The van der Waals surface area contributed by atoms with E-state index in [9.17, 15) is 0 Å². The predicted octanol–water partition coefficient (Wildman–Crippen LogP) is 2.95. The number of aliphatic imine (C=N–C) groups is 1. The number of likely N-dealkylation sites (tertiary alicyclic amines) is 1. The molecule has 0 aromatic heterocycles. The summed E-state index contributed by atoms with van der Waals surface area (Å²) in [6.45, 7) is 14.5. The first-order chi connectivity index (χ1) is 10.7. The molecule has 4 nitrogen and oxygen atoms in total. The first-order valence-electron chi connectivity index (χ1n) is 9.48. The molecule has 1 spiro atoms. The van der Waals surface area contributed by atoms with Gasteiger partial charge in [0.25, 0.3) is 0 Å². The van der Waals surface area contributed by atoms with Crippen molar-refractivity contribution >= 4 is 5.96 Å². The molecule has 2 rings (SSSR count). The van der Waals surface area contributed by atoms with Crippen LogP contribution in [0, 0.1) is 5.41 Å². The molecule has 22 heavy (non-hydrogen) atoms. The monoisotopic (exact) mass is 308 g/mol. The maximum atomic E-state index is 4.90. The number of rotatable bonds is 7. The van der Waals surface area contributed by atoms with E-state index in [1.54, 1.807) is 0 Å². The van der Waals surface area contributed by atoms with Gasteiger partial charge in [-0.15, -0.1) is 0 Å². The van der Waals surface area contributed by atoms with Gasteiger partial charge in [0.15, 0.2) is 5.96 Å². The summed E-state index contributed by atoms with van der Waals surface area (Å²) >= 11 is 0. The van der Waals surface area contributed by atoms with Crippen molar-refractivity contribution in [3.8, 4) is 0 Å². The minimum atomic E-state index is 0.622. The first-order valence-corrected chi connectivity index (χ1v) is 9.48. The molecule has 1 N–H and O–H groups in total. The van der Waals surface area contributed by atoms with Crippen LogP contribution in [0.2, 0.25) is 0 Å². The van der Waals surface area contributed by atoms with E-state index in [4.69, 9.17) is 4.99 Å². The molecule has 0 bridgehead atoms. The Morgan fingerprint density at radius 2 is 1.86 bits per heavy atom. The SMILES string of the molecule is CCNC(=NCCCN(CC)CC)N1CCC2(CCCC2)C1. The van der Waals surface area contributed by atoms with E-state index in [0.29, 0.717) is 5.41 Å². The van der Waals surface area contributed by atoms with Crippen molar-refractivity contribution in [2.75, 3.05) is 45.8 Å². The van der Waals surface area contributed by atoms with Gasteiger partial charge in [0, 0.05) is 26.2 Å². The summed E-state index contributed by atoms with van der Waals surface area (Å²) in [5, 5.41) is 3.51. The van der Waals surface area contributed by atoms with Crippen molar-refractivity contribution in [2.24, 2.45) is 10.4 Å². The van der Waals surface area contributed by atoms with Crippen molar-refractivity contribution in [3.63, 3.8) is 0 Å². The Morgan fingerprint density at radius 3 is 2.50 bits per heavy atom. The van der Waals surface area contributed by atoms with Gasteiger partial charge >= 0.3 is 0 Å². The van der Waals surface area contributed by atoms with Gasteiger partial charge < -0.3 is 15.1 Å². The van der Waals surface area contributed by atoms with Gasteiger partial charge in [0.1, 0.15) is 0 Å². The van der Waals surface area contributed by atoms with Gasteiger partial charge in [0.05, 0.1) is 0 Å². The molecule has 4 heteroatoms. The van der Waals surface area contributed by atoms with E-state index < -0.39 is 0 Å². The number of hydrogen-bond acceptors (Lipinski definition) is 2. The predicted molar refractivity (Wildman–Crippen MR) is 95.5 cm³/mol. The molecule has 0 aromatic carbocycles. The Hall–Kier alpha value is -0.770. The smallest absolute Gasteiger partial charge is 0.193 e. The van der Waals surface area contributed by atoms with Crippen LogP contribution in [0.3, 0.4) is 0 Å². The fourth-order valence-corrected chi connectivity index (χ4v) is 4.09. The van der Waals surface area contributed by atoms with Gasteiger partial charge in [-0.2, -0.15) is 0 Å². The fourth-order valence-electron chi connectivity index (χ4n) is 4.09. The Labute approximate surface area is 137 Å². The summed E-state index contributed by atoms with van der Waals surface area (Å²) in [7, 11) is 0. The summed E-state index contributed by atoms with van der Waals surface area (Å²) in [6.07, 6.45) is 8.28. The van der Waals surface area contributed by atoms with Crippen molar-refractivity contribution < 1.29 is 0 Å². The van der Waals surface area contributed by atoms with Gasteiger partial charge in [-0.1, -0.05) is 26.7 Å². The van der Waals surface area contributed by atoms with Crippen LogP contribution in [0.1, 0.15) is 59.3 Å². The Kier molecular flexibility index (Phi) is 7.00. The van der Waals surface area contributed by atoms with Crippen LogP contribution in [-0.4, -0.2) is 61.6 Å². The molecule has 1 heterocycles. The van der Waals surface area contributed by atoms with Crippen molar-refractivity contribution in [1.29, 1.82) is 0 Å². The average Bonchev–Trinajstić information content (AvgIpc) is 3.17. The van der Waals surface area contributed by atoms with Crippen LogP contribution < -0.4 is 5.32 Å². The van der Waals surface area contributed by atoms with E-state index >= 15 is 0 Å². The van der Waals surface area contributed by atoms with Crippen molar-refractivity contribution in [1.82, 2.24) is 15.1 Å². The Morgan fingerprint density at radius 1 is 1.14 bits per heavy atom. The first kappa shape index (κ1) is 17.6. The lowest BCUT2D eigenvalue weighted by molar-refractivity contribution is 0.300. The maximum Gasteiger partial charge on any atom is 0.193 e. The normalized spacial score (nSPS) is 21.3. The number of nitrogens with one attached hydrogen (secondary N) is 1. The molecular weight excluding hydrogens is 272 g/mol. The van der Waals surface area contributed by atoms with E-state index in [1.807, 2.05) is 0 Å². The molecular formula is C18H36N4. The fraction of sp³-hybridized carbons (Fsp3) is 0.944. The molecule has 0 aromatic rings.